The molecule has 0 saturated heterocycles. The van der Waals surface area contributed by atoms with Crippen molar-refractivity contribution in [2.45, 2.75) is 26.7 Å². The number of nitrogen functional groups attached to an aromatic ring is 1. The number of nitrogens with zero attached hydrogens (tertiary/aromatic N) is 1. The van der Waals surface area contributed by atoms with Gasteiger partial charge in [0.05, 0.1) is 12.3 Å². The van der Waals surface area contributed by atoms with Crippen molar-refractivity contribution in [3.05, 3.63) is 40.4 Å². The normalized spacial score (nSPS) is 10.7. The number of pyridine rings is 1. The number of hydrogen-bond acceptors (Lipinski definition) is 4. The standard InChI is InChI=1S/C16H19BrN2O2/c1-4-20-16-13(18)6-8-15(19-16)21-14-7-5-11(17)9-12(14)10(2)3/h5-10H,4,18H2,1-3H3. The van der Waals surface area contributed by atoms with Gasteiger partial charge in [-0.1, -0.05) is 29.8 Å². The van der Waals surface area contributed by atoms with Crippen molar-refractivity contribution >= 4 is 21.6 Å². The average molecular weight is 351 g/mol. The number of hydrogen-bond donors (Lipinski definition) is 1. The van der Waals surface area contributed by atoms with E-state index in [1.54, 1.807) is 12.1 Å². The Kier molecular flexibility index (Phi) is 5.07. The highest BCUT2D eigenvalue weighted by atomic mass is 79.9. The minimum atomic E-state index is 0.345. The molecule has 1 aromatic heterocycles. The number of aromatic nitrogens is 1. The lowest BCUT2D eigenvalue weighted by molar-refractivity contribution is 0.322. The van der Waals surface area contributed by atoms with E-state index >= 15 is 0 Å². The first kappa shape index (κ1) is 15.6. The number of anilines is 1. The largest absolute Gasteiger partial charge is 0.476 e. The van der Waals surface area contributed by atoms with Crippen molar-refractivity contribution in [2.24, 2.45) is 0 Å². The SMILES string of the molecule is CCOc1nc(Oc2ccc(Br)cc2C(C)C)ccc1N. The fraction of sp³-hybridized carbons (Fsp3) is 0.312. The Hall–Kier alpha value is -1.75. The summed E-state index contributed by atoms with van der Waals surface area (Å²) in [5, 5.41) is 0. The number of nitrogens with two attached hydrogens (primary N) is 1. The van der Waals surface area contributed by atoms with Crippen LogP contribution >= 0.6 is 15.9 Å². The van der Waals surface area contributed by atoms with E-state index in [0.717, 1.165) is 15.8 Å². The molecule has 2 N–H and O–H groups in total. The maximum Gasteiger partial charge on any atom is 0.240 e. The second kappa shape index (κ2) is 6.80. The summed E-state index contributed by atoms with van der Waals surface area (Å²) in [7, 11) is 0. The zero-order valence-electron chi connectivity index (χ0n) is 12.4. The van der Waals surface area contributed by atoms with Gasteiger partial charge in [-0.05, 0) is 42.7 Å². The third kappa shape index (κ3) is 3.88. The van der Waals surface area contributed by atoms with Gasteiger partial charge in [-0.15, -0.1) is 0 Å². The van der Waals surface area contributed by atoms with E-state index in [1.165, 1.54) is 0 Å². The zero-order chi connectivity index (χ0) is 15.4. The smallest absolute Gasteiger partial charge is 0.240 e. The molecule has 0 amide bonds. The highest BCUT2D eigenvalue weighted by molar-refractivity contribution is 9.10. The van der Waals surface area contributed by atoms with E-state index in [2.05, 4.69) is 40.8 Å². The Labute approximate surface area is 133 Å². The molecule has 5 heteroatoms. The van der Waals surface area contributed by atoms with Crippen molar-refractivity contribution in [1.29, 1.82) is 0 Å². The molecule has 0 fully saturated rings. The molecular weight excluding hydrogens is 332 g/mol. The van der Waals surface area contributed by atoms with Crippen molar-refractivity contribution < 1.29 is 9.47 Å². The fourth-order valence-electron chi connectivity index (χ4n) is 1.92. The number of ether oxygens (including phenoxy) is 2. The van der Waals surface area contributed by atoms with Crippen LogP contribution in [-0.2, 0) is 0 Å². The predicted molar refractivity (Wildman–Crippen MR) is 88.1 cm³/mol. The van der Waals surface area contributed by atoms with Gasteiger partial charge in [0.15, 0.2) is 0 Å². The van der Waals surface area contributed by atoms with Crippen LogP contribution in [0.5, 0.6) is 17.5 Å². The van der Waals surface area contributed by atoms with Gasteiger partial charge in [-0.3, -0.25) is 0 Å². The van der Waals surface area contributed by atoms with Crippen molar-refractivity contribution in [2.75, 3.05) is 12.3 Å². The lowest BCUT2D eigenvalue weighted by Gasteiger charge is -2.14. The van der Waals surface area contributed by atoms with E-state index in [9.17, 15) is 0 Å². The molecule has 1 heterocycles. The van der Waals surface area contributed by atoms with E-state index in [4.69, 9.17) is 15.2 Å². The first-order chi connectivity index (χ1) is 10.0. The molecule has 1 aromatic carbocycles. The van der Waals surface area contributed by atoms with Crippen LogP contribution in [0.15, 0.2) is 34.8 Å². The topological polar surface area (TPSA) is 57.4 Å². The quantitative estimate of drug-likeness (QED) is 0.845. The minimum Gasteiger partial charge on any atom is -0.476 e. The van der Waals surface area contributed by atoms with Crippen LogP contribution in [0.1, 0.15) is 32.3 Å². The Morgan fingerprint density at radius 1 is 1.24 bits per heavy atom. The summed E-state index contributed by atoms with van der Waals surface area (Å²) in [6, 6.07) is 9.41. The first-order valence-corrected chi connectivity index (χ1v) is 7.67. The van der Waals surface area contributed by atoms with Crippen molar-refractivity contribution in [3.63, 3.8) is 0 Å². The molecule has 4 nitrogen and oxygen atoms in total. The van der Waals surface area contributed by atoms with Crippen LogP contribution in [0.3, 0.4) is 0 Å². The average Bonchev–Trinajstić information content (AvgIpc) is 2.44. The van der Waals surface area contributed by atoms with Gasteiger partial charge in [-0.25, -0.2) is 0 Å². The van der Waals surface area contributed by atoms with Crippen LogP contribution in [-0.4, -0.2) is 11.6 Å². The highest BCUT2D eigenvalue weighted by Crippen LogP contribution is 2.33. The Morgan fingerprint density at radius 2 is 2.00 bits per heavy atom. The molecule has 0 radical (unpaired) electrons. The van der Waals surface area contributed by atoms with E-state index in [-0.39, 0.29) is 0 Å². The maximum atomic E-state index is 5.90. The van der Waals surface area contributed by atoms with Crippen LogP contribution in [0.4, 0.5) is 5.69 Å². The lowest BCUT2D eigenvalue weighted by Crippen LogP contribution is -2.01. The molecule has 0 aliphatic heterocycles. The molecule has 0 saturated carbocycles. The van der Waals surface area contributed by atoms with Gasteiger partial charge >= 0.3 is 0 Å². The molecule has 2 rings (SSSR count). The Balaban J connectivity index is 2.32. The van der Waals surface area contributed by atoms with Crippen LogP contribution in [0.25, 0.3) is 0 Å². The molecule has 112 valence electrons. The summed E-state index contributed by atoms with van der Waals surface area (Å²) in [5.74, 6) is 2.00. The molecule has 0 unspecified atom stereocenters. The van der Waals surface area contributed by atoms with E-state index < -0.39 is 0 Å². The van der Waals surface area contributed by atoms with Gasteiger partial charge < -0.3 is 15.2 Å². The van der Waals surface area contributed by atoms with Crippen LogP contribution < -0.4 is 15.2 Å². The highest BCUT2D eigenvalue weighted by Gasteiger charge is 2.11. The van der Waals surface area contributed by atoms with Gasteiger partial charge in [0.2, 0.25) is 11.8 Å². The number of halogens is 1. The molecular formula is C16H19BrN2O2. The second-order valence-corrected chi connectivity index (χ2v) is 5.83. The summed E-state index contributed by atoms with van der Waals surface area (Å²) in [4.78, 5) is 4.30. The number of benzene rings is 1. The van der Waals surface area contributed by atoms with Crippen molar-refractivity contribution in [3.8, 4) is 17.5 Å². The molecule has 21 heavy (non-hydrogen) atoms. The Morgan fingerprint density at radius 3 is 2.67 bits per heavy atom. The van der Waals surface area contributed by atoms with E-state index in [0.29, 0.717) is 30.0 Å². The fourth-order valence-corrected chi connectivity index (χ4v) is 2.30. The minimum absolute atomic E-state index is 0.345. The molecule has 0 atom stereocenters. The van der Waals surface area contributed by atoms with Crippen LogP contribution in [0, 0.1) is 0 Å². The third-order valence-corrected chi connectivity index (χ3v) is 3.45. The molecule has 0 spiro atoms. The molecule has 0 bridgehead atoms. The predicted octanol–water partition coefficient (Wildman–Crippen LogP) is 4.74. The number of rotatable bonds is 5. The first-order valence-electron chi connectivity index (χ1n) is 6.88. The maximum absolute atomic E-state index is 5.90. The van der Waals surface area contributed by atoms with Gasteiger partial charge in [0, 0.05) is 10.5 Å². The van der Waals surface area contributed by atoms with Gasteiger partial charge in [-0.2, -0.15) is 4.98 Å². The monoisotopic (exact) mass is 350 g/mol. The summed E-state index contributed by atoms with van der Waals surface area (Å²) >= 11 is 3.48. The van der Waals surface area contributed by atoms with Gasteiger partial charge in [0.25, 0.3) is 0 Å². The molecule has 0 aliphatic carbocycles. The zero-order valence-corrected chi connectivity index (χ0v) is 14.0. The second-order valence-electron chi connectivity index (χ2n) is 4.92. The van der Waals surface area contributed by atoms with Crippen LogP contribution in [0.2, 0.25) is 0 Å². The van der Waals surface area contributed by atoms with E-state index in [1.807, 2.05) is 19.1 Å². The summed E-state index contributed by atoms with van der Waals surface area (Å²) in [5.41, 5.74) is 7.43. The molecule has 2 aromatic rings. The summed E-state index contributed by atoms with van der Waals surface area (Å²) < 4.78 is 12.3. The van der Waals surface area contributed by atoms with Gasteiger partial charge in [0.1, 0.15) is 5.75 Å². The molecule has 0 aliphatic rings. The van der Waals surface area contributed by atoms with Crippen molar-refractivity contribution in [1.82, 2.24) is 4.98 Å². The summed E-state index contributed by atoms with van der Waals surface area (Å²) in [6.07, 6.45) is 0. The lowest BCUT2D eigenvalue weighted by atomic mass is 10.0. The summed E-state index contributed by atoms with van der Waals surface area (Å²) in [6.45, 7) is 6.64. The Bertz CT molecular complexity index is 630. The third-order valence-electron chi connectivity index (χ3n) is 2.95.